The van der Waals surface area contributed by atoms with Gasteiger partial charge in [-0.2, -0.15) is 11.8 Å². The lowest BCUT2D eigenvalue weighted by Crippen LogP contribution is -2.26. The van der Waals surface area contributed by atoms with E-state index in [1.54, 1.807) is 0 Å². The average Bonchev–Trinajstić information content (AvgIpc) is 2.57. The van der Waals surface area contributed by atoms with Crippen LogP contribution in [-0.4, -0.2) is 29.7 Å². The van der Waals surface area contributed by atoms with Crippen LogP contribution >= 0.6 is 11.8 Å². The van der Waals surface area contributed by atoms with Crippen LogP contribution in [0.5, 0.6) is 0 Å². The zero-order valence-electron chi connectivity index (χ0n) is 9.72. The predicted octanol–water partition coefficient (Wildman–Crippen LogP) is 2.68. The molecule has 0 aliphatic carbocycles. The molecule has 1 fully saturated rings. The van der Waals surface area contributed by atoms with Crippen LogP contribution in [0.2, 0.25) is 0 Å². The van der Waals surface area contributed by atoms with Crippen LogP contribution in [0.4, 0.5) is 5.69 Å². The van der Waals surface area contributed by atoms with Gasteiger partial charge < -0.3 is 10.0 Å². The van der Waals surface area contributed by atoms with Crippen molar-refractivity contribution >= 4 is 17.4 Å². The molecule has 1 aromatic carbocycles. The number of para-hydroxylation sites is 1. The summed E-state index contributed by atoms with van der Waals surface area (Å²) in [6.45, 7) is 4.04. The van der Waals surface area contributed by atoms with Gasteiger partial charge in [-0.15, -0.1) is 0 Å². The maximum absolute atomic E-state index is 9.77. The van der Waals surface area contributed by atoms with Gasteiger partial charge in [0.15, 0.2) is 0 Å². The Morgan fingerprint density at radius 2 is 2.06 bits per heavy atom. The van der Waals surface area contributed by atoms with E-state index in [0.717, 1.165) is 18.7 Å². The first-order chi connectivity index (χ1) is 7.79. The third kappa shape index (κ3) is 2.71. The zero-order chi connectivity index (χ0) is 11.4. The fourth-order valence-electron chi connectivity index (χ4n) is 2.12. The number of anilines is 1. The van der Waals surface area contributed by atoms with Gasteiger partial charge in [0.05, 0.1) is 6.10 Å². The molecule has 1 aliphatic heterocycles. The van der Waals surface area contributed by atoms with Gasteiger partial charge in [0, 0.05) is 30.1 Å². The van der Waals surface area contributed by atoms with Crippen LogP contribution < -0.4 is 4.90 Å². The van der Waals surface area contributed by atoms with E-state index < -0.39 is 0 Å². The zero-order valence-corrected chi connectivity index (χ0v) is 10.5. The highest BCUT2D eigenvalue weighted by atomic mass is 32.2. The van der Waals surface area contributed by atoms with Crippen molar-refractivity contribution in [1.29, 1.82) is 0 Å². The van der Waals surface area contributed by atoms with E-state index >= 15 is 0 Å². The molecule has 2 rings (SSSR count). The summed E-state index contributed by atoms with van der Waals surface area (Å²) in [5, 5.41) is 9.77. The lowest BCUT2D eigenvalue weighted by Gasteiger charge is -2.26. The summed E-state index contributed by atoms with van der Waals surface area (Å²) < 4.78 is 0. The van der Waals surface area contributed by atoms with E-state index in [4.69, 9.17) is 0 Å². The molecule has 0 radical (unpaired) electrons. The Morgan fingerprint density at radius 3 is 2.88 bits per heavy atom. The van der Waals surface area contributed by atoms with Gasteiger partial charge in [0.2, 0.25) is 0 Å². The Hall–Kier alpha value is -0.670. The highest BCUT2D eigenvalue weighted by Crippen LogP contribution is 2.27. The number of thioether (sulfide) groups is 1. The molecule has 0 bridgehead atoms. The highest BCUT2D eigenvalue weighted by Gasteiger charge is 2.15. The quantitative estimate of drug-likeness (QED) is 0.855. The van der Waals surface area contributed by atoms with Gasteiger partial charge in [-0.3, -0.25) is 0 Å². The molecule has 1 heterocycles. The minimum absolute atomic E-state index is 0.382. The van der Waals surface area contributed by atoms with Gasteiger partial charge in [-0.1, -0.05) is 18.2 Å². The van der Waals surface area contributed by atoms with Crippen molar-refractivity contribution < 1.29 is 5.11 Å². The smallest absolute Gasteiger partial charge is 0.0781 e. The van der Waals surface area contributed by atoms with Crippen LogP contribution in [-0.2, 0) is 0 Å². The van der Waals surface area contributed by atoms with E-state index in [9.17, 15) is 5.11 Å². The molecule has 1 aliphatic rings. The fraction of sp³-hybridized carbons (Fsp3) is 0.538. The average molecular weight is 237 g/mol. The summed E-state index contributed by atoms with van der Waals surface area (Å²) in [5.41, 5.74) is 2.26. The maximum atomic E-state index is 9.77. The van der Waals surface area contributed by atoms with Crippen molar-refractivity contribution in [2.24, 2.45) is 0 Å². The fourth-order valence-corrected chi connectivity index (χ4v) is 3.00. The first-order valence-electron chi connectivity index (χ1n) is 5.88. The largest absolute Gasteiger partial charge is 0.389 e. The Morgan fingerprint density at radius 1 is 1.25 bits per heavy atom. The van der Waals surface area contributed by atoms with Gasteiger partial charge >= 0.3 is 0 Å². The highest BCUT2D eigenvalue weighted by molar-refractivity contribution is 7.99. The number of nitrogens with zero attached hydrogens (tertiary/aromatic N) is 1. The number of rotatable bonds is 2. The molecular formula is C13H19NOS. The van der Waals surface area contributed by atoms with Crippen LogP contribution in [0, 0.1) is 0 Å². The summed E-state index contributed by atoms with van der Waals surface area (Å²) in [5.74, 6) is 2.45. The van der Waals surface area contributed by atoms with Crippen molar-refractivity contribution in [3.63, 3.8) is 0 Å². The van der Waals surface area contributed by atoms with Crippen molar-refractivity contribution in [3.05, 3.63) is 29.8 Å². The SMILES string of the molecule is CC(O)c1ccccc1N1CCCSCC1. The van der Waals surface area contributed by atoms with Crippen LogP contribution in [0.3, 0.4) is 0 Å². The van der Waals surface area contributed by atoms with E-state index in [1.807, 2.05) is 30.8 Å². The molecule has 88 valence electrons. The van der Waals surface area contributed by atoms with Crippen LogP contribution in [0.25, 0.3) is 0 Å². The monoisotopic (exact) mass is 237 g/mol. The number of hydrogen-bond acceptors (Lipinski definition) is 3. The number of hydrogen-bond donors (Lipinski definition) is 1. The normalized spacial score (nSPS) is 19.2. The Balaban J connectivity index is 2.23. The molecule has 1 unspecified atom stereocenters. The van der Waals surface area contributed by atoms with Gasteiger partial charge in [0.25, 0.3) is 0 Å². The van der Waals surface area contributed by atoms with Crippen molar-refractivity contribution in [2.75, 3.05) is 29.5 Å². The van der Waals surface area contributed by atoms with E-state index in [2.05, 4.69) is 17.0 Å². The molecule has 3 heteroatoms. The lowest BCUT2D eigenvalue weighted by atomic mass is 10.1. The summed E-state index contributed by atoms with van der Waals surface area (Å²) in [6, 6.07) is 8.20. The van der Waals surface area contributed by atoms with Crippen molar-refractivity contribution in [2.45, 2.75) is 19.4 Å². The predicted molar refractivity (Wildman–Crippen MR) is 71.2 cm³/mol. The second kappa shape index (κ2) is 5.60. The molecular weight excluding hydrogens is 218 g/mol. The lowest BCUT2D eigenvalue weighted by molar-refractivity contribution is 0.199. The summed E-state index contributed by atoms with van der Waals surface area (Å²) >= 11 is 2.02. The van der Waals surface area contributed by atoms with Gasteiger partial charge in [-0.25, -0.2) is 0 Å². The molecule has 0 spiro atoms. The third-order valence-corrected chi connectivity index (χ3v) is 4.00. The summed E-state index contributed by atoms with van der Waals surface area (Å²) in [6.07, 6.45) is 0.853. The second-order valence-corrected chi connectivity index (χ2v) is 5.41. The van der Waals surface area contributed by atoms with Gasteiger partial charge in [-0.05, 0) is 25.2 Å². The number of aliphatic hydroxyl groups excluding tert-OH is 1. The van der Waals surface area contributed by atoms with Crippen molar-refractivity contribution in [1.82, 2.24) is 0 Å². The molecule has 1 N–H and O–H groups in total. The number of benzene rings is 1. The third-order valence-electron chi connectivity index (χ3n) is 2.95. The molecule has 0 saturated carbocycles. The molecule has 16 heavy (non-hydrogen) atoms. The van der Waals surface area contributed by atoms with E-state index in [-0.39, 0.29) is 6.10 Å². The number of aliphatic hydroxyl groups is 1. The minimum atomic E-state index is -0.382. The maximum Gasteiger partial charge on any atom is 0.0781 e. The Labute approximate surface area is 102 Å². The standard InChI is InChI=1S/C13H19NOS/c1-11(15)12-5-2-3-6-13(12)14-7-4-9-16-10-8-14/h2-3,5-6,11,15H,4,7-10H2,1H3. The van der Waals surface area contributed by atoms with E-state index in [1.165, 1.54) is 23.6 Å². The topological polar surface area (TPSA) is 23.5 Å². The summed E-state index contributed by atoms with van der Waals surface area (Å²) in [7, 11) is 0. The van der Waals surface area contributed by atoms with Crippen molar-refractivity contribution in [3.8, 4) is 0 Å². The molecule has 0 amide bonds. The molecule has 0 aromatic heterocycles. The Bertz CT molecular complexity index is 332. The minimum Gasteiger partial charge on any atom is -0.389 e. The first kappa shape index (κ1) is 11.8. The van der Waals surface area contributed by atoms with E-state index in [0.29, 0.717) is 0 Å². The van der Waals surface area contributed by atoms with Crippen LogP contribution in [0.1, 0.15) is 25.0 Å². The molecule has 1 aromatic rings. The second-order valence-electron chi connectivity index (χ2n) is 4.19. The Kier molecular flexibility index (Phi) is 4.13. The first-order valence-corrected chi connectivity index (χ1v) is 7.04. The molecule has 2 nitrogen and oxygen atoms in total. The van der Waals surface area contributed by atoms with Gasteiger partial charge in [0.1, 0.15) is 0 Å². The molecule has 1 atom stereocenters. The summed E-state index contributed by atoms with van der Waals surface area (Å²) in [4.78, 5) is 2.40. The van der Waals surface area contributed by atoms with Crippen LogP contribution in [0.15, 0.2) is 24.3 Å². The molecule has 1 saturated heterocycles.